The molecule has 0 spiro atoms. The van der Waals surface area contributed by atoms with Gasteiger partial charge in [0.1, 0.15) is 30.5 Å². The monoisotopic (exact) mass is 451 g/mol. The van der Waals surface area contributed by atoms with E-state index in [-0.39, 0.29) is 12.1 Å². The topological polar surface area (TPSA) is 104 Å². The first-order valence-electron chi connectivity index (χ1n) is 10.5. The standard InChI is InChI=1S/C27H21N3O4/c28-15-20(14-21-16-30(17-26(31)32)25-9-5-4-8-24(21)25)27(33)29-22-10-12-23(13-11-22)34-18-19-6-2-1-3-7-19/h1-14,16H,17-18H2,(H,29,33)(H,31,32)/b20-14+. The number of rotatable bonds is 8. The van der Waals surface area contributed by atoms with Crippen molar-refractivity contribution in [2.75, 3.05) is 5.32 Å². The summed E-state index contributed by atoms with van der Waals surface area (Å²) in [6, 6.07) is 25.8. The lowest BCUT2D eigenvalue weighted by Gasteiger charge is -2.08. The molecular formula is C27H21N3O4. The molecule has 4 rings (SSSR count). The summed E-state index contributed by atoms with van der Waals surface area (Å²) in [5.41, 5.74) is 2.77. The van der Waals surface area contributed by atoms with Gasteiger partial charge < -0.3 is 19.7 Å². The first-order valence-corrected chi connectivity index (χ1v) is 10.5. The molecule has 3 aromatic carbocycles. The quantitative estimate of drug-likeness (QED) is 0.294. The van der Waals surface area contributed by atoms with Gasteiger partial charge in [0, 0.05) is 28.4 Å². The van der Waals surface area contributed by atoms with Gasteiger partial charge in [-0.15, -0.1) is 0 Å². The van der Waals surface area contributed by atoms with Crippen molar-refractivity contribution in [1.29, 1.82) is 5.26 Å². The van der Waals surface area contributed by atoms with Gasteiger partial charge in [0.2, 0.25) is 0 Å². The number of fused-ring (bicyclic) bond motifs is 1. The summed E-state index contributed by atoms with van der Waals surface area (Å²) in [7, 11) is 0. The molecule has 4 aromatic rings. The number of carbonyl (C=O) groups excluding carboxylic acids is 1. The molecule has 0 saturated heterocycles. The highest BCUT2D eigenvalue weighted by Crippen LogP contribution is 2.24. The maximum Gasteiger partial charge on any atom is 0.323 e. The number of hydrogen-bond donors (Lipinski definition) is 2. The van der Waals surface area contributed by atoms with E-state index in [1.165, 1.54) is 6.08 Å². The van der Waals surface area contributed by atoms with E-state index < -0.39 is 11.9 Å². The van der Waals surface area contributed by atoms with Gasteiger partial charge in [-0.2, -0.15) is 5.26 Å². The number of carboxylic acid groups (broad SMARTS) is 1. The van der Waals surface area contributed by atoms with Crippen molar-refractivity contribution in [1.82, 2.24) is 4.57 Å². The van der Waals surface area contributed by atoms with Crippen molar-refractivity contribution in [3.05, 3.63) is 102 Å². The molecule has 0 saturated carbocycles. The summed E-state index contributed by atoms with van der Waals surface area (Å²) in [4.78, 5) is 23.9. The second-order valence-corrected chi connectivity index (χ2v) is 7.55. The Balaban J connectivity index is 1.48. The Hall–Kier alpha value is -4.83. The average Bonchev–Trinajstić information content (AvgIpc) is 3.19. The largest absolute Gasteiger partial charge is 0.489 e. The fourth-order valence-corrected chi connectivity index (χ4v) is 3.54. The van der Waals surface area contributed by atoms with Crippen LogP contribution in [0.15, 0.2) is 90.6 Å². The highest BCUT2D eigenvalue weighted by atomic mass is 16.5. The number of nitriles is 1. The zero-order valence-corrected chi connectivity index (χ0v) is 18.1. The van der Waals surface area contributed by atoms with Crippen LogP contribution < -0.4 is 10.1 Å². The predicted molar refractivity (Wildman–Crippen MR) is 129 cm³/mol. The van der Waals surface area contributed by atoms with E-state index >= 15 is 0 Å². The molecule has 0 fully saturated rings. The van der Waals surface area contributed by atoms with Crippen LogP contribution in [0.5, 0.6) is 5.75 Å². The average molecular weight is 451 g/mol. The molecule has 2 N–H and O–H groups in total. The third-order valence-corrected chi connectivity index (χ3v) is 5.15. The molecule has 7 heteroatoms. The zero-order chi connectivity index (χ0) is 23.9. The number of benzene rings is 3. The highest BCUT2D eigenvalue weighted by molar-refractivity contribution is 6.10. The lowest BCUT2D eigenvalue weighted by atomic mass is 10.1. The van der Waals surface area contributed by atoms with E-state index in [4.69, 9.17) is 9.84 Å². The van der Waals surface area contributed by atoms with Gasteiger partial charge in [0.15, 0.2) is 0 Å². The van der Waals surface area contributed by atoms with Crippen molar-refractivity contribution in [2.45, 2.75) is 13.2 Å². The smallest absolute Gasteiger partial charge is 0.323 e. The molecule has 34 heavy (non-hydrogen) atoms. The predicted octanol–water partition coefficient (Wildman–Crippen LogP) is 4.85. The number of ether oxygens (including phenoxy) is 1. The Kier molecular flexibility index (Phi) is 6.70. The Morgan fingerprint density at radius 1 is 1.00 bits per heavy atom. The molecule has 0 aliphatic rings. The van der Waals surface area contributed by atoms with Crippen LogP contribution in [0, 0.1) is 11.3 Å². The van der Waals surface area contributed by atoms with Gasteiger partial charge in [-0.05, 0) is 42.0 Å². The van der Waals surface area contributed by atoms with Crippen LogP contribution >= 0.6 is 0 Å². The molecule has 1 aromatic heterocycles. The number of nitrogens with zero attached hydrogens (tertiary/aromatic N) is 2. The fraction of sp³-hybridized carbons (Fsp3) is 0.0741. The first kappa shape index (κ1) is 22.4. The molecule has 0 radical (unpaired) electrons. The maximum absolute atomic E-state index is 12.7. The maximum atomic E-state index is 12.7. The number of amides is 1. The summed E-state index contributed by atoms with van der Waals surface area (Å²) in [5, 5.41) is 22.2. The summed E-state index contributed by atoms with van der Waals surface area (Å²) < 4.78 is 7.32. The normalized spacial score (nSPS) is 11.1. The van der Waals surface area contributed by atoms with Crippen molar-refractivity contribution < 1.29 is 19.4 Å². The van der Waals surface area contributed by atoms with Crippen molar-refractivity contribution in [3.8, 4) is 11.8 Å². The summed E-state index contributed by atoms with van der Waals surface area (Å²) >= 11 is 0. The molecular weight excluding hydrogens is 430 g/mol. The van der Waals surface area contributed by atoms with Gasteiger partial charge in [-0.3, -0.25) is 9.59 Å². The minimum atomic E-state index is -0.981. The van der Waals surface area contributed by atoms with Crippen LogP contribution in [-0.2, 0) is 22.7 Å². The number of carboxylic acids is 1. The molecule has 1 heterocycles. The molecule has 0 aliphatic heterocycles. The minimum Gasteiger partial charge on any atom is -0.489 e. The number of hydrogen-bond acceptors (Lipinski definition) is 4. The molecule has 0 unspecified atom stereocenters. The van der Waals surface area contributed by atoms with E-state index in [9.17, 15) is 14.9 Å². The lowest BCUT2D eigenvalue weighted by molar-refractivity contribution is -0.137. The summed E-state index contributed by atoms with van der Waals surface area (Å²) in [5.74, 6) is -0.884. The molecule has 0 bridgehead atoms. The Morgan fingerprint density at radius 3 is 2.41 bits per heavy atom. The molecule has 1 amide bonds. The molecule has 0 aliphatic carbocycles. The van der Waals surface area contributed by atoms with Gasteiger partial charge in [0.25, 0.3) is 5.91 Å². The Bertz CT molecular complexity index is 1400. The van der Waals surface area contributed by atoms with E-state index in [1.54, 1.807) is 47.2 Å². The number of aromatic nitrogens is 1. The highest BCUT2D eigenvalue weighted by Gasteiger charge is 2.14. The molecule has 168 valence electrons. The molecule has 0 atom stereocenters. The minimum absolute atomic E-state index is 0.0948. The van der Waals surface area contributed by atoms with Crippen LogP contribution in [0.1, 0.15) is 11.1 Å². The summed E-state index contributed by atoms with van der Waals surface area (Å²) in [6.07, 6.45) is 3.09. The fourth-order valence-electron chi connectivity index (χ4n) is 3.54. The Morgan fingerprint density at radius 2 is 1.71 bits per heavy atom. The van der Waals surface area contributed by atoms with Crippen LogP contribution in [0.2, 0.25) is 0 Å². The third kappa shape index (κ3) is 5.31. The number of para-hydroxylation sites is 1. The Labute approximate surface area is 196 Å². The number of aliphatic carboxylic acids is 1. The van der Waals surface area contributed by atoms with Gasteiger partial charge >= 0.3 is 5.97 Å². The third-order valence-electron chi connectivity index (χ3n) is 5.15. The second-order valence-electron chi connectivity index (χ2n) is 7.55. The van der Waals surface area contributed by atoms with E-state index in [1.807, 2.05) is 48.5 Å². The van der Waals surface area contributed by atoms with Crippen molar-refractivity contribution in [2.24, 2.45) is 0 Å². The second kappa shape index (κ2) is 10.2. The van der Waals surface area contributed by atoms with Gasteiger partial charge in [0.05, 0.1) is 0 Å². The van der Waals surface area contributed by atoms with Crippen LogP contribution in [0.4, 0.5) is 5.69 Å². The van der Waals surface area contributed by atoms with Crippen LogP contribution in [-0.4, -0.2) is 21.6 Å². The number of carbonyl (C=O) groups is 2. The van der Waals surface area contributed by atoms with Gasteiger partial charge in [-0.25, -0.2) is 0 Å². The molecule has 7 nitrogen and oxygen atoms in total. The summed E-state index contributed by atoms with van der Waals surface area (Å²) in [6.45, 7) is 0.213. The van der Waals surface area contributed by atoms with Gasteiger partial charge in [-0.1, -0.05) is 48.5 Å². The lowest BCUT2D eigenvalue weighted by Crippen LogP contribution is -2.13. The van der Waals surface area contributed by atoms with Crippen LogP contribution in [0.25, 0.3) is 17.0 Å². The first-order chi connectivity index (χ1) is 16.5. The van der Waals surface area contributed by atoms with Crippen molar-refractivity contribution >= 4 is 34.5 Å². The van der Waals surface area contributed by atoms with Crippen LogP contribution in [0.3, 0.4) is 0 Å². The van der Waals surface area contributed by atoms with Crippen molar-refractivity contribution in [3.63, 3.8) is 0 Å². The SMILES string of the molecule is N#C/C(=C\c1cn(CC(=O)O)c2ccccc12)C(=O)Nc1ccc(OCc2ccccc2)cc1. The van der Waals surface area contributed by atoms with E-state index in [0.29, 0.717) is 29.1 Å². The van der Waals surface area contributed by atoms with E-state index in [2.05, 4.69) is 5.32 Å². The number of nitrogens with one attached hydrogen (secondary N) is 1. The van der Waals surface area contributed by atoms with E-state index in [0.717, 1.165) is 10.9 Å². The number of anilines is 1. The zero-order valence-electron chi connectivity index (χ0n) is 18.1.